The first-order chi connectivity index (χ1) is 13.0. The van der Waals surface area contributed by atoms with Gasteiger partial charge >= 0.3 is 0 Å². The van der Waals surface area contributed by atoms with E-state index >= 15 is 0 Å². The number of benzene rings is 1. The van der Waals surface area contributed by atoms with Gasteiger partial charge < -0.3 is 15.4 Å². The van der Waals surface area contributed by atoms with Crippen molar-refractivity contribution in [3.05, 3.63) is 29.8 Å². The van der Waals surface area contributed by atoms with Crippen molar-refractivity contribution in [1.82, 2.24) is 9.80 Å². The smallest absolute Gasteiger partial charge is 0.238 e. The lowest BCUT2D eigenvalue weighted by Gasteiger charge is -2.51. The Kier molecular flexibility index (Phi) is 3.76. The number of fused-ring (bicyclic) bond motifs is 2. The van der Waals surface area contributed by atoms with E-state index in [9.17, 15) is 9.59 Å². The number of hydrogen-bond acceptors (Lipinski definition) is 4. The van der Waals surface area contributed by atoms with E-state index in [1.807, 2.05) is 17.0 Å². The summed E-state index contributed by atoms with van der Waals surface area (Å²) in [6.07, 6.45) is 3.49. The number of piperidine rings is 3. The molecule has 4 aliphatic heterocycles. The highest BCUT2D eigenvalue weighted by Gasteiger charge is 2.62. The van der Waals surface area contributed by atoms with E-state index in [2.05, 4.69) is 17.0 Å². The van der Waals surface area contributed by atoms with Crippen LogP contribution in [-0.2, 0) is 9.59 Å². The first-order valence-electron chi connectivity index (χ1n) is 10.0. The van der Waals surface area contributed by atoms with Crippen molar-refractivity contribution in [3.8, 4) is 5.75 Å². The Bertz CT molecular complexity index is 783. The molecule has 5 fully saturated rings. The van der Waals surface area contributed by atoms with Crippen LogP contribution in [0.4, 0.5) is 0 Å². The summed E-state index contributed by atoms with van der Waals surface area (Å²) in [5.41, 5.74) is 5.90. The first kappa shape index (κ1) is 17.0. The Hall–Kier alpha value is -2.08. The van der Waals surface area contributed by atoms with Crippen LogP contribution in [0.1, 0.15) is 37.2 Å². The molecule has 2 amide bonds. The van der Waals surface area contributed by atoms with Crippen molar-refractivity contribution in [2.75, 3.05) is 26.7 Å². The number of rotatable bonds is 4. The zero-order valence-electron chi connectivity index (χ0n) is 15.8. The number of nitrogens with two attached hydrogens (primary N) is 1. The largest absolute Gasteiger partial charge is 0.497 e. The molecule has 0 unspecified atom stereocenters. The second-order valence-corrected chi connectivity index (χ2v) is 8.64. The van der Waals surface area contributed by atoms with Crippen LogP contribution in [0.15, 0.2) is 24.3 Å². The normalized spacial score (nSPS) is 35.6. The van der Waals surface area contributed by atoms with Gasteiger partial charge in [0.2, 0.25) is 11.8 Å². The Morgan fingerprint density at radius 2 is 1.93 bits per heavy atom. The molecular formula is C21H27N3O3. The highest BCUT2D eigenvalue weighted by atomic mass is 16.5. The number of nitrogens with zero attached hydrogens (tertiary/aromatic N) is 2. The van der Waals surface area contributed by atoms with E-state index in [1.54, 1.807) is 7.11 Å². The van der Waals surface area contributed by atoms with E-state index in [1.165, 1.54) is 5.56 Å². The zero-order chi connectivity index (χ0) is 18.8. The Morgan fingerprint density at radius 3 is 2.56 bits per heavy atom. The van der Waals surface area contributed by atoms with Crippen LogP contribution >= 0.6 is 0 Å². The summed E-state index contributed by atoms with van der Waals surface area (Å²) in [6, 6.07) is 8.75. The van der Waals surface area contributed by atoms with Gasteiger partial charge in [0.05, 0.1) is 13.2 Å². The third-order valence-corrected chi connectivity index (χ3v) is 7.41. The van der Waals surface area contributed by atoms with E-state index in [4.69, 9.17) is 10.5 Å². The molecule has 5 aliphatic rings. The highest BCUT2D eigenvalue weighted by Crippen LogP contribution is 2.52. The number of methoxy groups -OCH3 is 1. The molecule has 2 N–H and O–H groups in total. The molecule has 1 aromatic rings. The molecule has 0 aromatic heterocycles. The fraction of sp³-hybridized carbons (Fsp3) is 0.619. The number of ether oxygens (including phenoxy) is 1. The fourth-order valence-electron chi connectivity index (χ4n) is 5.79. The summed E-state index contributed by atoms with van der Waals surface area (Å²) in [6.45, 7) is 2.88. The summed E-state index contributed by atoms with van der Waals surface area (Å²) in [4.78, 5) is 30.0. The van der Waals surface area contributed by atoms with Gasteiger partial charge in [0.25, 0.3) is 0 Å². The SMILES string of the molecule is COc1cccc([C@@H]2CN(C(=O)C3(C(N)=O)CC3)[C@@H]3C4CCN(CC4)[C@@H]32)c1. The lowest BCUT2D eigenvalue weighted by atomic mass is 9.75. The van der Waals surface area contributed by atoms with Crippen LogP contribution < -0.4 is 10.5 Å². The lowest BCUT2D eigenvalue weighted by molar-refractivity contribution is -0.146. The van der Waals surface area contributed by atoms with Crippen molar-refractivity contribution in [2.45, 2.75) is 43.7 Å². The molecule has 2 bridgehead atoms. The zero-order valence-corrected chi connectivity index (χ0v) is 15.8. The van der Waals surface area contributed by atoms with Crippen LogP contribution in [0.2, 0.25) is 0 Å². The van der Waals surface area contributed by atoms with Crippen LogP contribution in [0.25, 0.3) is 0 Å². The molecule has 1 aromatic carbocycles. The van der Waals surface area contributed by atoms with Crippen molar-refractivity contribution in [2.24, 2.45) is 17.1 Å². The fourth-order valence-corrected chi connectivity index (χ4v) is 5.79. The molecule has 0 spiro atoms. The number of likely N-dealkylation sites (tertiary alicyclic amines) is 1. The average molecular weight is 369 g/mol. The Labute approximate surface area is 159 Å². The van der Waals surface area contributed by atoms with Gasteiger partial charge in [-0.15, -0.1) is 0 Å². The number of carbonyl (C=O) groups excluding carboxylic acids is 2. The van der Waals surface area contributed by atoms with E-state index in [0.717, 1.165) is 31.7 Å². The molecule has 144 valence electrons. The van der Waals surface area contributed by atoms with Gasteiger partial charge in [-0.1, -0.05) is 12.1 Å². The maximum atomic E-state index is 13.4. The van der Waals surface area contributed by atoms with Crippen LogP contribution in [0.5, 0.6) is 5.75 Å². The minimum Gasteiger partial charge on any atom is -0.497 e. The van der Waals surface area contributed by atoms with Gasteiger partial charge in [-0.25, -0.2) is 0 Å². The summed E-state index contributed by atoms with van der Waals surface area (Å²) in [7, 11) is 1.68. The van der Waals surface area contributed by atoms with E-state index < -0.39 is 11.3 Å². The van der Waals surface area contributed by atoms with Crippen molar-refractivity contribution >= 4 is 11.8 Å². The minimum atomic E-state index is -0.931. The van der Waals surface area contributed by atoms with Crippen molar-refractivity contribution in [1.29, 1.82) is 0 Å². The van der Waals surface area contributed by atoms with E-state index in [0.29, 0.717) is 31.3 Å². The number of primary amides is 1. The third-order valence-electron chi connectivity index (χ3n) is 7.41. The molecule has 1 saturated carbocycles. The predicted octanol–water partition coefficient (Wildman–Crippen LogP) is 1.35. The second kappa shape index (κ2) is 5.96. The maximum Gasteiger partial charge on any atom is 0.238 e. The van der Waals surface area contributed by atoms with Gasteiger partial charge in [-0.05, 0) is 62.4 Å². The monoisotopic (exact) mass is 369 g/mol. The molecular weight excluding hydrogens is 342 g/mol. The molecule has 6 heteroatoms. The van der Waals surface area contributed by atoms with Gasteiger partial charge in [0.15, 0.2) is 0 Å². The van der Waals surface area contributed by atoms with Crippen molar-refractivity contribution in [3.63, 3.8) is 0 Å². The van der Waals surface area contributed by atoms with Crippen LogP contribution in [0.3, 0.4) is 0 Å². The molecule has 4 saturated heterocycles. The van der Waals surface area contributed by atoms with Gasteiger partial charge in [-0.3, -0.25) is 14.5 Å². The average Bonchev–Trinajstić information content (AvgIpc) is 3.42. The van der Waals surface area contributed by atoms with Crippen molar-refractivity contribution < 1.29 is 14.3 Å². The number of hydrogen-bond donors (Lipinski definition) is 1. The number of carbonyl (C=O) groups is 2. The second-order valence-electron chi connectivity index (χ2n) is 8.64. The Morgan fingerprint density at radius 1 is 1.19 bits per heavy atom. The predicted molar refractivity (Wildman–Crippen MR) is 100 cm³/mol. The molecule has 0 radical (unpaired) electrons. The minimum absolute atomic E-state index is 0.0239. The molecule has 1 aliphatic carbocycles. The van der Waals surface area contributed by atoms with Crippen LogP contribution in [0, 0.1) is 11.3 Å². The topological polar surface area (TPSA) is 75.9 Å². The van der Waals surface area contributed by atoms with Gasteiger partial charge in [0.1, 0.15) is 11.2 Å². The lowest BCUT2D eigenvalue weighted by Crippen LogP contribution is -2.61. The third kappa shape index (κ3) is 2.42. The summed E-state index contributed by atoms with van der Waals surface area (Å²) in [5, 5.41) is 0. The van der Waals surface area contributed by atoms with Gasteiger partial charge in [0, 0.05) is 18.5 Å². The molecule has 3 atom stereocenters. The Balaban J connectivity index is 1.52. The summed E-state index contributed by atoms with van der Waals surface area (Å²) in [5.74, 6) is 1.16. The van der Waals surface area contributed by atoms with Crippen LogP contribution in [-0.4, -0.2) is 60.4 Å². The molecule has 6 rings (SSSR count). The quantitative estimate of drug-likeness (QED) is 0.813. The van der Waals surface area contributed by atoms with Gasteiger partial charge in [-0.2, -0.15) is 0 Å². The summed E-state index contributed by atoms with van der Waals surface area (Å²) >= 11 is 0. The molecule has 27 heavy (non-hydrogen) atoms. The maximum absolute atomic E-state index is 13.4. The summed E-state index contributed by atoms with van der Waals surface area (Å²) < 4.78 is 5.43. The highest BCUT2D eigenvalue weighted by molar-refractivity contribution is 6.07. The first-order valence-corrected chi connectivity index (χ1v) is 10.0. The number of amides is 2. The molecule has 6 nitrogen and oxygen atoms in total. The van der Waals surface area contributed by atoms with E-state index in [-0.39, 0.29) is 17.9 Å². The molecule has 4 heterocycles. The standard InChI is InChI=1S/C21H27N3O3/c1-27-15-4-2-3-14(11-15)16-12-24(20(26)21(7-8-21)19(22)25)17-13-5-9-23(10-6-13)18(16)17/h2-4,11,13,16-18H,5-10,12H2,1H3,(H2,22,25)/t16-,17+,18+/m0/s1.